The van der Waals surface area contributed by atoms with Gasteiger partial charge in [-0.3, -0.25) is 4.79 Å². The van der Waals surface area contributed by atoms with Crippen LogP contribution in [0.5, 0.6) is 0 Å². The molecule has 3 heterocycles. The summed E-state index contributed by atoms with van der Waals surface area (Å²) in [6, 6.07) is 10.8. The van der Waals surface area contributed by atoms with Crippen molar-refractivity contribution in [2.24, 2.45) is 0 Å². The molecule has 0 bridgehead atoms. The third-order valence-corrected chi connectivity index (χ3v) is 6.15. The molecule has 0 saturated carbocycles. The van der Waals surface area contributed by atoms with Crippen LogP contribution in [0.4, 0.5) is 5.95 Å². The second-order valence-electron chi connectivity index (χ2n) is 8.42. The first kappa shape index (κ1) is 21.7. The third-order valence-electron chi connectivity index (χ3n) is 6.15. The van der Waals surface area contributed by atoms with E-state index >= 15 is 0 Å². The van der Waals surface area contributed by atoms with E-state index in [-0.39, 0.29) is 11.9 Å². The highest BCUT2D eigenvalue weighted by Crippen LogP contribution is 2.20. The standard InChI is InChI=1S/C24H33N5O2/c1-18(19-7-3-2-4-8-19)27-24-26-17-21(23(30)29-13-5-6-14-29)22(28-24)9-12-25-20-10-15-31-16-11-20/h2-4,7-8,17-18,20,25H,5-6,9-16H2,1H3,(H,26,27,28)/t18-/m0/s1. The Balaban J connectivity index is 1.47. The summed E-state index contributed by atoms with van der Waals surface area (Å²) in [7, 11) is 0. The number of carbonyl (C=O) groups is 1. The minimum absolute atomic E-state index is 0.0567. The molecule has 0 spiro atoms. The van der Waals surface area contributed by atoms with Crippen LogP contribution in [0.15, 0.2) is 36.5 Å². The molecule has 0 radical (unpaired) electrons. The Hall–Kier alpha value is -2.51. The van der Waals surface area contributed by atoms with Gasteiger partial charge in [-0.2, -0.15) is 0 Å². The first-order chi connectivity index (χ1) is 15.2. The highest BCUT2D eigenvalue weighted by atomic mass is 16.5. The molecule has 0 unspecified atom stereocenters. The van der Waals surface area contributed by atoms with E-state index in [9.17, 15) is 4.79 Å². The molecule has 166 valence electrons. The summed E-state index contributed by atoms with van der Waals surface area (Å²) in [5.41, 5.74) is 2.62. The maximum Gasteiger partial charge on any atom is 0.257 e. The molecule has 1 aromatic carbocycles. The van der Waals surface area contributed by atoms with Crippen molar-refractivity contribution in [1.82, 2.24) is 20.2 Å². The minimum atomic E-state index is 0.0567. The fourth-order valence-electron chi connectivity index (χ4n) is 4.26. The second-order valence-corrected chi connectivity index (χ2v) is 8.42. The lowest BCUT2D eigenvalue weighted by Crippen LogP contribution is -2.36. The van der Waals surface area contributed by atoms with Crippen LogP contribution in [0, 0.1) is 0 Å². The minimum Gasteiger partial charge on any atom is -0.381 e. The number of amides is 1. The van der Waals surface area contributed by atoms with Gasteiger partial charge in [-0.05, 0) is 38.2 Å². The van der Waals surface area contributed by atoms with E-state index < -0.39 is 0 Å². The van der Waals surface area contributed by atoms with Gasteiger partial charge in [-0.15, -0.1) is 0 Å². The summed E-state index contributed by atoms with van der Waals surface area (Å²) in [6.07, 6.45) is 6.61. The first-order valence-electron chi connectivity index (χ1n) is 11.5. The molecule has 4 rings (SSSR count). The summed E-state index contributed by atoms with van der Waals surface area (Å²) in [5, 5.41) is 7.00. The Labute approximate surface area is 184 Å². The summed E-state index contributed by atoms with van der Waals surface area (Å²) < 4.78 is 5.44. The molecule has 2 aromatic rings. The fraction of sp³-hybridized carbons (Fsp3) is 0.542. The van der Waals surface area contributed by atoms with Crippen LogP contribution in [0.3, 0.4) is 0 Å². The second kappa shape index (κ2) is 10.7. The SMILES string of the molecule is C[C@H](Nc1ncc(C(=O)N2CCCC2)c(CCNC2CCOCC2)n1)c1ccccc1. The van der Waals surface area contributed by atoms with Crippen molar-refractivity contribution in [2.75, 3.05) is 38.2 Å². The van der Waals surface area contributed by atoms with E-state index in [1.165, 1.54) is 5.56 Å². The Morgan fingerprint density at radius 3 is 2.68 bits per heavy atom. The normalized spacial score (nSPS) is 18.2. The van der Waals surface area contributed by atoms with Crippen molar-refractivity contribution in [3.63, 3.8) is 0 Å². The number of likely N-dealkylation sites (tertiary alicyclic amines) is 1. The fourth-order valence-corrected chi connectivity index (χ4v) is 4.26. The lowest BCUT2D eigenvalue weighted by molar-refractivity contribution is 0.0781. The monoisotopic (exact) mass is 423 g/mol. The van der Waals surface area contributed by atoms with Crippen LogP contribution in [0.1, 0.15) is 60.3 Å². The predicted octanol–water partition coefficient (Wildman–Crippen LogP) is 3.20. The Morgan fingerprint density at radius 2 is 1.94 bits per heavy atom. The number of nitrogens with zero attached hydrogens (tertiary/aromatic N) is 3. The van der Waals surface area contributed by atoms with E-state index in [1.807, 2.05) is 23.1 Å². The zero-order valence-electron chi connectivity index (χ0n) is 18.3. The van der Waals surface area contributed by atoms with Crippen molar-refractivity contribution in [2.45, 2.75) is 51.1 Å². The van der Waals surface area contributed by atoms with Gasteiger partial charge < -0.3 is 20.3 Å². The average molecular weight is 424 g/mol. The molecule has 1 amide bonds. The smallest absolute Gasteiger partial charge is 0.257 e. The van der Waals surface area contributed by atoms with Crippen molar-refractivity contribution in [1.29, 1.82) is 0 Å². The number of rotatable bonds is 8. The number of hydrogen-bond donors (Lipinski definition) is 2. The van der Waals surface area contributed by atoms with Gasteiger partial charge in [0.15, 0.2) is 0 Å². The highest BCUT2D eigenvalue weighted by molar-refractivity contribution is 5.95. The Bertz CT molecular complexity index is 848. The molecular formula is C24H33N5O2. The lowest BCUT2D eigenvalue weighted by Gasteiger charge is -2.23. The van der Waals surface area contributed by atoms with Gasteiger partial charge in [-0.1, -0.05) is 30.3 Å². The van der Waals surface area contributed by atoms with Crippen LogP contribution in [0.2, 0.25) is 0 Å². The number of hydrogen-bond acceptors (Lipinski definition) is 6. The molecule has 2 aliphatic rings. The van der Waals surface area contributed by atoms with Crippen molar-refractivity contribution < 1.29 is 9.53 Å². The Morgan fingerprint density at radius 1 is 1.19 bits per heavy atom. The molecular weight excluding hydrogens is 390 g/mol. The van der Waals surface area contributed by atoms with E-state index in [0.29, 0.717) is 24.0 Å². The highest BCUT2D eigenvalue weighted by Gasteiger charge is 2.24. The van der Waals surface area contributed by atoms with Gasteiger partial charge in [0.1, 0.15) is 0 Å². The van der Waals surface area contributed by atoms with Crippen molar-refractivity contribution in [3.8, 4) is 0 Å². The number of benzene rings is 1. The van der Waals surface area contributed by atoms with Gasteiger partial charge >= 0.3 is 0 Å². The van der Waals surface area contributed by atoms with Crippen LogP contribution in [0.25, 0.3) is 0 Å². The van der Waals surface area contributed by atoms with Crippen LogP contribution in [-0.4, -0.2) is 59.7 Å². The molecule has 7 heteroatoms. The van der Waals surface area contributed by atoms with Gasteiger partial charge in [-0.25, -0.2) is 9.97 Å². The predicted molar refractivity (Wildman–Crippen MR) is 121 cm³/mol. The van der Waals surface area contributed by atoms with Crippen molar-refractivity contribution >= 4 is 11.9 Å². The first-order valence-corrected chi connectivity index (χ1v) is 11.5. The summed E-state index contributed by atoms with van der Waals surface area (Å²) in [6.45, 7) is 6.15. The zero-order valence-corrected chi connectivity index (χ0v) is 18.3. The molecule has 1 aromatic heterocycles. The van der Waals surface area contributed by atoms with Crippen LogP contribution >= 0.6 is 0 Å². The molecule has 2 N–H and O–H groups in total. The molecule has 0 aliphatic carbocycles. The number of ether oxygens (including phenoxy) is 1. The molecule has 1 atom stereocenters. The lowest BCUT2D eigenvalue weighted by atomic mass is 10.1. The molecule has 2 aliphatic heterocycles. The third kappa shape index (κ3) is 5.80. The molecule has 7 nitrogen and oxygen atoms in total. The van der Waals surface area contributed by atoms with Crippen molar-refractivity contribution in [3.05, 3.63) is 53.3 Å². The number of anilines is 1. The van der Waals surface area contributed by atoms with E-state index in [1.54, 1.807) is 6.20 Å². The molecule has 31 heavy (non-hydrogen) atoms. The average Bonchev–Trinajstić information content (AvgIpc) is 3.35. The van der Waals surface area contributed by atoms with Gasteiger partial charge in [0, 0.05) is 51.5 Å². The van der Waals surface area contributed by atoms with E-state index in [0.717, 1.165) is 64.2 Å². The molecule has 2 fully saturated rings. The van der Waals surface area contributed by atoms with Gasteiger partial charge in [0.05, 0.1) is 17.3 Å². The largest absolute Gasteiger partial charge is 0.381 e. The van der Waals surface area contributed by atoms with E-state index in [4.69, 9.17) is 9.72 Å². The number of aromatic nitrogens is 2. The Kier molecular flexibility index (Phi) is 7.48. The maximum atomic E-state index is 13.1. The topological polar surface area (TPSA) is 79.4 Å². The van der Waals surface area contributed by atoms with Crippen LogP contribution in [-0.2, 0) is 11.2 Å². The molecule has 2 saturated heterocycles. The summed E-state index contributed by atoms with van der Waals surface area (Å²) in [4.78, 5) is 24.3. The summed E-state index contributed by atoms with van der Waals surface area (Å²) in [5.74, 6) is 0.622. The van der Waals surface area contributed by atoms with Gasteiger partial charge in [0.25, 0.3) is 5.91 Å². The van der Waals surface area contributed by atoms with E-state index in [2.05, 4.69) is 34.7 Å². The quantitative estimate of drug-likeness (QED) is 0.679. The number of carbonyl (C=O) groups excluding carboxylic acids is 1. The van der Waals surface area contributed by atoms with Crippen LogP contribution < -0.4 is 10.6 Å². The zero-order chi connectivity index (χ0) is 21.5. The van der Waals surface area contributed by atoms with Gasteiger partial charge in [0.2, 0.25) is 5.95 Å². The summed E-state index contributed by atoms with van der Waals surface area (Å²) >= 11 is 0. The number of nitrogens with one attached hydrogen (secondary N) is 2. The maximum absolute atomic E-state index is 13.1.